The SMILES string of the molecule is Nc1ccc(-c2cc3cc(Cl)ccc3o2)cc1. The highest BCUT2D eigenvalue weighted by molar-refractivity contribution is 6.31. The maximum absolute atomic E-state index is 5.94. The Morgan fingerprint density at radius 3 is 2.47 bits per heavy atom. The first kappa shape index (κ1) is 10.2. The molecule has 0 radical (unpaired) electrons. The fourth-order valence-electron chi connectivity index (χ4n) is 1.80. The highest BCUT2D eigenvalue weighted by atomic mass is 35.5. The molecule has 2 N–H and O–H groups in total. The van der Waals surface area contributed by atoms with Crippen LogP contribution in [0.5, 0.6) is 0 Å². The van der Waals surface area contributed by atoms with E-state index in [1.807, 2.05) is 48.5 Å². The number of halogens is 1. The third kappa shape index (κ3) is 1.87. The molecule has 1 aromatic heterocycles. The van der Waals surface area contributed by atoms with Crippen LogP contribution < -0.4 is 5.73 Å². The highest BCUT2D eigenvalue weighted by Gasteiger charge is 2.06. The second kappa shape index (κ2) is 3.82. The van der Waals surface area contributed by atoms with E-state index in [0.717, 1.165) is 28.0 Å². The Morgan fingerprint density at radius 1 is 0.941 bits per heavy atom. The molecule has 0 atom stereocenters. The quantitative estimate of drug-likeness (QED) is 0.646. The normalized spacial score (nSPS) is 10.9. The number of nitrogens with two attached hydrogens (primary N) is 1. The summed E-state index contributed by atoms with van der Waals surface area (Å²) in [5.74, 6) is 0.822. The number of fused-ring (bicyclic) bond motifs is 1. The van der Waals surface area contributed by atoms with Crippen LogP contribution in [0.25, 0.3) is 22.3 Å². The van der Waals surface area contributed by atoms with Crippen molar-refractivity contribution >= 4 is 28.3 Å². The van der Waals surface area contributed by atoms with Crippen LogP contribution in [0.3, 0.4) is 0 Å². The molecule has 17 heavy (non-hydrogen) atoms. The summed E-state index contributed by atoms with van der Waals surface area (Å²) < 4.78 is 5.75. The Balaban J connectivity index is 2.14. The Kier molecular flexibility index (Phi) is 2.30. The molecule has 0 aliphatic rings. The number of rotatable bonds is 1. The lowest BCUT2D eigenvalue weighted by molar-refractivity contribution is 0.631. The second-order valence-corrected chi connectivity index (χ2v) is 4.35. The van der Waals surface area contributed by atoms with Gasteiger partial charge >= 0.3 is 0 Å². The van der Waals surface area contributed by atoms with Crippen molar-refractivity contribution in [2.24, 2.45) is 0 Å². The summed E-state index contributed by atoms with van der Waals surface area (Å²) in [6.45, 7) is 0. The van der Waals surface area contributed by atoms with Crippen LogP contribution in [0.4, 0.5) is 5.69 Å². The molecule has 0 amide bonds. The molecule has 1 heterocycles. The lowest BCUT2D eigenvalue weighted by Crippen LogP contribution is -1.82. The van der Waals surface area contributed by atoms with Gasteiger partial charge in [0.25, 0.3) is 0 Å². The van der Waals surface area contributed by atoms with Gasteiger partial charge in [-0.25, -0.2) is 0 Å². The van der Waals surface area contributed by atoms with E-state index < -0.39 is 0 Å². The first-order chi connectivity index (χ1) is 8.22. The monoisotopic (exact) mass is 243 g/mol. The average Bonchev–Trinajstić information content (AvgIpc) is 2.72. The maximum Gasteiger partial charge on any atom is 0.135 e. The molecule has 3 heteroatoms. The average molecular weight is 244 g/mol. The van der Waals surface area contributed by atoms with Crippen molar-refractivity contribution in [2.75, 3.05) is 5.73 Å². The largest absolute Gasteiger partial charge is 0.456 e. The number of hydrogen-bond donors (Lipinski definition) is 1. The van der Waals surface area contributed by atoms with Gasteiger partial charge in [0.1, 0.15) is 11.3 Å². The smallest absolute Gasteiger partial charge is 0.135 e. The molecule has 3 rings (SSSR count). The van der Waals surface area contributed by atoms with Crippen LogP contribution in [0.15, 0.2) is 52.9 Å². The van der Waals surface area contributed by atoms with Crippen molar-refractivity contribution in [3.05, 3.63) is 53.6 Å². The molecular weight excluding hydrogens is 234 g/mol. The van der Waals surface area contributed by atoms with Gasteiger partial charge in [0.2, 0.25) is 0 Å². The summed E-state index contributed by atoms with van der Waals surface area (Å²) in [6, 6.07) is 15.2. The first-order valence-electron chi connectivity index (χ1n) is 5.27. The minimum atomic E-state index is 0.710. The molecule has 2 nitrogen and oxygen atoms in total. The third-order valence-electron chi connectivity index (χ3n) is 2.67. The summed E-state index contributed by atoms with van der Waals surface area (Å²) >= 11 is 5.94. The van der Waals surface area contributed by atoms with Crippen molar-refractivity contribution in [1.29, 1.82) is 0 Å². The standard InChI is InChI=1S/C14H10ClNO/c15-11-3-6-13-10(7-11)8-14(17-13)9-1-4-12(16)5-2-9/h1-8H,16H2. The van der Waals surface area contributed by atoms with E-state index >= 15 is 0 Å². The van der Waals surface area contributed by atoms with Crippen LogP contribution in [-0.2, 0) is 0 Å². The molecule has 0 saturated carbocycles. The lowest BCUT2D eigenvalue weighted by atomic mass is 10.1. The fourth-order valence-corrected chi connectivity index (χ4v) is 1.98. The van der Waals surface area contributed by atoms with Gasteiger partial charge in [-0.1, -0.05) is 11.6 Å². The zero-order valence-electron chi connectivity index (χ0n) is 8.98. The van der Waals surface area contributed by atoms with Crippen LogP contribution in [0.1, 0.15) is 0 Å². The second-order valence-electron chi connectivity index (χ2n) is 3.91. The number of hydrogen-bond acceptors (Lipinski definition) is 2. The third-order valence-corrected chi connectivity index (χ3v) is 2.91. The molecule has 0 fully saturated rings. The highest BCUT2D eigenvalue weighted by Crippen LogP contribution is 2.29. The maximum atomic E-state index is 5.94. The van der Waals surface area contributed by atoms with Crippen molar-refractivity contribution in [3.63, 3.8) is 0 Å². The zero-order valence-corrected chi connectivity index (χ0v) is 9.74. The first-order valence-corrected chi connectivity index (χ1v) is 5.65. The van der Waals surface area contributed by atoms with E-state index in [9.17, 15) is 0 Å². The predicted octanol–water partition coefficient (Wildman–Crippen LogP) is 4.34. The molecule has 0 saturated heterocycles. The number of nitrogen functional groups attached to an aromatic ring is 1. The number of anilines is 1. The van der Waals surface area contributed by atoms with Crippen LogP contribution in [0, 0.1) is 0 Å². The summed E-state index contributed by atoms with van der Waals surface area (Å²) in [5.41, 5.74) is 8.24. The number of benzene rings is 2. The Morgan fingerprint density at radius 2 is 1.71 bits per heavy atom. The van der Waals surface area contributed by atoms with Crippen LogP contribution >= 0.6 is 11.6 Å². The summed E-state index contributed by atoms with van der Waals surface area (Å²) in [5, 5.41) is 1.71. The van der Waals surface area contributed by atoms with Gasteiger partial charge in [-0.15, -0.1) is 0 Å². The molecule has 0 aliphatic heterocycles. The van der Waals surface area contributed by atoms with E-state index in [2.05, 4.69) is 0 Å². The van der Waals surface area contributed by atoms with Gasteiger partial charge in [0.15, 0.2) is 0 Å². The van der Waals surface area contributed by atoms with E-state index in [1.165, 1.54) is 0 Å². The Hall–Kier alpha value is -1.93. The van der Waals surface area contributed by atoms with Crippen LogP contribution in [-0.4, -0.2) is 0 Å². The Labute approximate surface area is 104 Å². The molecule has 2 aromatic carbocycles. The van der Waals surface area contributed by atoms with Gasteiger partial charge in [-0.2, -0.15) is 0 Å². The molecule has 0 spiro atoms. The van der Waals surface area contributed by atoms with E-state index in [4.69, 9.17) is 21.8 Å². The molecule has 0 aliphatic carbocycles. The predicted molar refractivity (Wildman–Crippen MR) is 71.1 cm³/mol. The van der Waals surface area contributed by atoms with Crippen molar-refractivity contribution < 1.29 is 4.42 Å². The molecule has 84 valence electrons. The number of furan rings is 1. The lowest BCUT2D eigenvalue weighted by Gasteiger charge is -1.96. The minimum absolute atomic E-state index is 0.710. The summed E-state index contributed by atoms with van der Waals surface area (Å²) in [4.78, 5) is 0. The Bertz CT molecular complexity index is 670. The van der Waals surface area contributed by atoms with Crippen molar-refractivity contribution in [3.8, 4) is 11.3 Å². The van der Waals surface area contributed by atoms with Crippen LogP contribution in [0.2, 0.25) is 5.02 Å². The molecule has 0 bridgehead atoms. The molecule has 3 aromatic rings. The molecular formula is C14H10ClNO. The van der Waals surface area contributed by atoms with Gasteiger partial charge in [0, 0.05) is 21.7 Å². The summed E-state index contributed by atoms with van der Waals surface area (Å²) in [6.07, 6.45) is 0. The fraction of sp³-hybridized carbons (Fsp3) is 0. The van der Waals surface area contributed by atoms with Crippen molar-refractivity contribution in [2.45, 2.75) is 0 Å². The molecule has 0 unspecified atom stereocenters. The zero-order chi connectivity index (χ0) is 11.8. The van der Waals surface area contributed by atoms with Gasteiger partial charge in [-0.05, 0) is 48.5 Å². The van der Waals surface area contributed by atoms with E-state index in [0.29, 0.717) is 5.02 Å². The van der Waals surface area contributed by atoms with E-state index in [-0.39, 0.29) is 0 Å². The topological polar surface area (TPSA) is 39.2 Å². The van der Waals surface area contributed by atoms with Gasteiger partial charge in [-0.3, -0.25) is 0 Å². The van der Waals surface area contributed by atoms with Crippen molar-refractivity contribution in [1.82, 2.24) is 0 Å². The van der Waals surface area contributed by atoms with Gasteiger partial charge in [0.05, 0.1) is 0 Å². The van der Waals surface area contributed by atoms with Gasteiger partial charge < -0.3 is 10.2 Å². The summed E-state index contributed by atoms with van der Waals surface area (Å²) in [7, 11) is 0. The van der Waals surface area contributed by atoms with E-state index in [1.54, 1.807) is 0 Å². The minimum Gasteiger partial charge on any atom is -0.456 e.